The van der Waals surface area contributed by atoms with Gasteiger partial charge in [-0.25, -0.2) is 4.98 Å². The number of nitro benzene ring substituents is 1. The lowest BCUT2D eigenvalue weighted by atomic mass is 9.93. The summed E-state index contributed by atoms with van der Waals surface area (Å²) in [6, 6.07) is 28.3. The van der Waals surface area contributed by atoms with Gasteiger partial charge in [-0.1, -0.05) is 54.6 Å². The summed E-state index contributed by atoms with van der Waals surface area (Å²) in [6.45, 7) is 0.373. The van der Waals surface area contributed by atoms with E-state index in [1.807, 2.05) is 66.7 Å². The van der Waals surface area contributed by atoms with Gasteiger partial charge in [0.15, 0.2) is 0 Å². The molecule has 3 aromatic carbocycles. The Hall–Kier alpha value is -4.58. The van der Waals surface area contributed by atoms with Crippen molar-refractivity contribution in [2.24, 2.45) is 0 Å². The number of aromatic nitrogens is 2. The Morgan fingerprint density at radius 1 is 0.788 bits per heavy atom. The van der Waals surface area contributed by atoms with Crippen LogP contribution in [0.4, 0.5) is 5.69 Å². The number of nitrogens with zero attached hydrogens (tertiary/aromatic N) is 3. The highest BCUT2D eigenvalue weighted by Crippen LogP contribution is 2.38. The lowest BCUT2D eigenvalue weighted by Gasteiger charge is -2.12. The predicted molar refractivity (Wildman–Crippen MR) is 128 cm³/mol. The van der Waals surface area contributed by atoms with E-state index in [-0.39, 0.29) is 10.6 Å². The third-order valence-corrected chi connectivity index (χ3v) is 5.43. The number of nitro groups is 1. The van der Waals surface area contributed by atoms with Crippen LogP contribution >= 0.6 is 0 Å². The molecular formula is C27H19N3O3. The Morgan fingerprint density at radius 3 is 2.36 bits per heavy atom. The van der Waals surface area contributed by atoms with Crippen molar-refractivity contribution in [3.05, 3.63) is 119 Å². The molecule has 6 heteroatoms. The van der Waals surface area contributed by atoms with E-state index in [1.165, 1.54) is 6.07 Å². The lowest BCUT2D eigenvalue weighted by molar-refractivity contribution is -0.384. The first-order chi connectivity index (χ1) is 16.2. The van der Waals surface area contributed by atoms with Gasteiger partial charge in [0, 0.05) is 29.9 Å². The zero-order valence-electron chi connectivity index (χ0n) is 17.6. The second-order valence-electron chi connectivity index (χ2n) is 7.52. The van der Waals surface area contributed by atoms with Gasteiger partial charge in [0.1, 0.15) is 6.61 Å². The van der Waals surface area contributed by atoms with Gasteiger partial charge < -0.3 is 4.74 Å². The molecule has 2 aromatic heterocycles. The van der Waals surface area contributed by atoms with Crippen molar-refractivity contribution in [3.8, 4) is 28.1 Å². The number of ether oxygens (including phenoxy) is 1. The fourth-order valence-electron chi connectivity index (χ4n) is 3.82. The van der Waals surface area contributed by atoms with Crippen LogP contribution in [0.1, 0.15) is 5.56 Å². The number of fused-ring (bicyclic) bond motifs is 1. The number of pyridine rings is 2. The molecule has 0 amide bonds. The first kappa shape index (κ1) is 20.3. The molecule has 0 N–H and O–H groups in total. The van der Waals surface area contributed by atoms with Crippen LogP contribution in [0.15, 0.2) is 103 Å². The molecule has 2 heterocycles. The molecule has 0 aliphatic carbocycles. The quantitative estimate of drug-likeness (QED) is 0.227. The number of hydrogen-bond acceptors (Lipinski definition) is 5. The molecular weight excluding hydrogens is 414 g/mol. The monoisotopic (exact) mass is 433 g/mol. The molecule has 160 valence electrons. The van der Waals surface area contributed by atoms with Crippen molar-refractivity contribution in [1.29, 1.82) is 0 Å². The molecule has 0 atom stereocenters. The van der Waals surface area contributed by atoms with E-state index in [0.29, 0.717) is 18.1 Å². The standard InChI is InChI=1S/C27H19N3O3/c31-30(32)25-7-3-5-23(27(25)22-14-16-28-17-15-22)20-10-8-19(9-11-20)18-33-26-13-12-21-4-1-2-6-24(21)29-26/h1-17H,18H2. The van der Waals surface area contributed by atoms with Gasteiger partial charge in [-0.15, -0.1) is 0 Å². The van der Waals surface area contributed by atoms with E-state index in [2.05, 4.69) is 9.97 Å². The molecule has 5 rings (SSSR count). The normalized spacial score (nSPS) is 10.8. The van der Waals surface area contributed by atoms with Gasteiger partial charge in [0.05, 0.1) is 16.0 Å². The van der Waals surface area contributed by atoms with Crippen molar-refractivity contribution in [1.82, 2.24) is 9.97 Å². The van der Waals surface area contributed by atoms with Gasteiger partial charge in [-0.05, 0) is 46.5 Å². The highest BCUT2D eigenvalue weighted by molar-refractivity contribution is 5.89. The minimum Gasteiger partial charge on any atom is -0.473 e. The molecule has 6 nitrogen and oxygen atoms in total. The van der Waals surface area contributed by atoms with Crippen molar-refractivity contribution < 1.29 is 9.66 Å². The molecule has 0 fully saturated rings. The Kier molecular flexibility index (Phi) is 5.47. The van der Waals surface area contributed by atoms with Gasteiger partial charge in [-0.2, -0.15) is 0 Å². The molecule has 0 aliphatic rings. The minimum absolute atomic E-state index is 0.0634. The summed E-state index contributed by atoms with van der Waals surface area (Å²) >= 11 is 0. The molecule has 0 radical (unpaired) electrons. The SMILES string of the molecule is O=[N+]([O-])c1cccc(-c2ccc(COc3ccc4ccccc4n3)cc2)c1-c1ccncc1. The summed E-state index contributed by atoms with van der Waals surface area (Å²) in [7, 11) is 0. The van der Waals surface area contributed by atoms with Gasteiger partial charge in [0.25, 0.3) is 5.69 Å². The maximum atomic E-state index is 11.7. The van der Waals surface area contributed by atoms with E-state index in [1.54, 1.807) is 30.6 Å². The molecule has 0 spiro atoms. The zero-order chi connectivity index (χ0) is 22.6. The topological polar surface area (TPSA) is 78.2 Å². The van der Waals surface area contributed by atoms with Gasteiger partial charge in [0.2, 0.25) is 5.88 Å². The van der Waals surface area contributed by atoms with Crippen molar-refractivity contribution in [3.63, 3.8) is 0 Å². The Balaban J connectivity index is 1.41. The molecule has 0 aliphatic heterocycles. The number of rotatable bonds is 6. The Bertz CT molecular complexity index is 1430. The molecule has 0 bridgehead atoms. The van der Waals surface area contributed by atoms with Crippen LogP contribution in [0.2, 0.25) is 0 Å². The smallest absolute Gasteiger partial charge is 0.277 e. The minimum atomic E-state index is -0.349. The summed E-state index contributed by atoms with van der Waals surface area (Å²) in [5, 5.41) is 12.8. The summed E-state index contributed by atoms with van der Waals surface area (Å²) in [5.41, 5.74) is 4.94. The highest BCUT2D eigenvalue weighted by atomic mass is 16.6. The van der Waals surface area contributed by atoms with E-state index < -0.39 is 0 Å². The van der Waals surface area contributed by atoms with Crippen LogP contribution in [0, 0.1) is 10.1 Å². The van der Waals surface area contributed by atoms with E-state index in [9.17, 15) is 10.1 Å². The summed E-state index contributed by atoms with van der Waals surface area (Å²) < 4.78 is 5.88. The van der Waals surface area contributed by atoms with E-state index in [4.69, 9.17) is 4.74 Å². The lowest BCUT2D eigenvalue weighted by Crippen LogP contribution is -1.98. The van der Waals surface area contributed by atoms with E-state index in [0.717, 1.165) is 33.2 Å². The van der Waals surface area contributed by atoms with Crippen molar-refractivity contribution in [2.75, 3.05) is 0 Å². The fraction of sp³-hybridized carbons (Fsp3) is 0.0370. The summed E-state index contributed by atoms with van der Waals surface area (Å²) in [4.78, 5) is 19.9. The van der Waals surface area contributed by atoms with E-state index >= 15 is 0 Å². The molecule has 0 saturated heterocycles. The Morgan fingerprint density at radius 2 is 1.58 bits per heavy atom. The number of hydrogen-bond donors (Lipinski definition) is 0. The predicted octanol–water partition coefficient (Wildman–Crippen LogP) is 6.45. The van der Waals surface area contributed by atoms with Crippen molar-refractivity contribution >= 4 is 16.6 Å². The third-order valence-electron chi connectivity index (χ3n) is 5.43. The fourth-order valence-corrected chi connectivity index (χ4v) is 3.82. The third kappa shape index (κ3) is 4.27. The molecule has 0 unspecified atom stereocenters. The van der Waals surface area contributed by atoms with Crippen LogP contribution in [0.5, 0.6) is 5.88 Å². The van der Waals surface area contributed by atoms with Crippen molar-refractivity contribution in [2.45, 2.75) is 6.61 Å². The van der Waals surface area contributed by atoms with Gasteiger partial charge in [-0.3, -0.25) is 15.1 Å². The van der Waals surface area contributed by atoms with Crippen LogP contribution < -0.4 is 4.74 Å². The maximum Gasteiger partial charge on any atom is 0.277 e. The Labute approximate surface area is 190 Å². The van der Waals surface area contributed by atoms with Crippen LogP contribution in [0.3, 0.4) is 0 Å². The zero-order valence-corrected chi connectivity index (χ0v) is 17.6. The molecule has 0 saturated carbocycles. The number of para-hydroxylation sites is 1. The molecule has 5 aromatic rings. The maximum absolute atomic E-state index is 11.7. The first-order valence-corrected chi connectivity index (χ1v) is 10.4. The number of benzene rings is 3. The summed E-state index contributed by atoms with van der Waals surface area (Å²) in [6.07, 6.45) is 3.27. The highest BCUT2D eigenvalue weighted by Gasteiger charge is 2.20. The van der Waals surface area contributed by atoms with Crippen LogP contribution in [-0.2, 0) is 6.61 Å². The second-order valence-corrected chi connectivity index (χ2v) is 7.52. The van der Waals surface area contributed by atoms with Crippen LogP contribution in [-0.4, -0.2) is 14.9 Å². The summed E-state index contributed by atoms with van der Waals surface area (Å²) in [5.74, 6) is 0.566. The average Bonchev–Trinajstić information content (AvgIpc) is 2.87. The largest absolute Gasteiger partial charge is 0.473 e. The molecule has 33 heavy (non-hydrogen) atoms. The second kappa shape index (κ2) is 8.88. The average molecular weight is 433 g/mol. The van der Waals surface area contributed by atoms with Crippen LogP contribution in [0.25, 0.3) is 33.2 Å². The first-order valence-electron chi connectivity index (χ1n) is 10.4. The van der Waals surface area contributed by atoms with Gasteiger partial charge >= 0.3 is 0 Å².